The van der Waals surface area contributed by atoms with Gasteiger partial charge >= 0.3 is 0 Å². The van der Waals surface area contributed by atoms with Crippen molar-refractivity contribution in [1.29, 1.82) is 0 Å². The van der Waals surface area contributed by atoms with Crippen LogP contribution in [0.1, 0.15) is 64.6 Å². The lowest BCUT2D eigenvalue weighted by molar-refractivity contribution is 0.0518. The smallest absolute Gasteiger partial charge is 0.0651 e. The molecule has 0 bridgehead atoms. The summed E-state index contributed by atoms with van der Waals surface area (Å²) >= 11 is 0. The average molecular weight is 278 g/mol. The van der Waals surface area contributed by atoms with Gasteiger partial charge in [0.1, 0.15) is 0 Å². The monoisotopic (exact) mass is 278 g/mol. The molecule has 1 aliphatic rings. The molecule has 2 rings (SSSR count). The summed E-state index contributed by atoms with van der Waals surface area (Å²) in [5.41, 5.74) is 7.90. The first-order chi connectivity index (χ1) is 9.63. The molecule has 0 spiro atoms. The number of hydrogen-bond acceptors (Lipinski definition) is 3. The van der Waals surface area contributed by atoms with E-state index in [1.165, 1.54) is 38.0 Å². The third-order valence-corrected chi connectivity index (χ3v) is 4.97. The van der Waals surface area contributed by atoms with E-state index in [-0.39, 0.29) is 11.6 Å². The van der Waals surface area contributed by atoms with Crippen LogP contribution in [0, 0.1) is 0 Å². The molecule has 1 fully saturated rings. The van der Waals surface area contributed by atoms with E-state index in [0.717, 1.165) is 19.4 Å². The Bertz CT molecular complexity index is 408. The molecule has 20 heavy (non-hydrogen) atoms. The minimum absolute atomic E-state index is 0.0275. The maximum Gasteiger partial charge on any atom is 0.0651 e. The molecule has 0 radical (unpaired) electrons. The van der Waals surface area contributed by atoms with Crippen molar-refractivity contribution in [3.05, 3.63) is 18.0 Å². The minimum Gasteiger partial charge on any atom is -0.321 e. The van der Waals surface area contributed by atoms with Gasteiger partial charge in [0.05, 0.1) is 11.7 Å². The van der Waals surface area contributed by atoms with Gasteiger partial charge in [-0.1, -0.05) is 20.3 Å². The zero-order valence-corrected chi connectivity index (χ0v) is 13.3. The highest BCUT2D eigenvalue weighted by Crippen LogP contribution is 2.34. The van der Waals surface area contributed by atoms with E-state index in [9.17, 15) is 0 Å². The predicted molar refractivity (Wildman–Crippen MR) is 83.6 cm³/mol. The second-order valence-electron chi connectivity index (χ2n) is 6.22. The molecular formula is C16H30N4. The largest absolute Gasteiger partial charge is 0.321 e. The summed E-state index contributed by atoms with van der Waals surface area (Å²) in [6.07, 6.45) is 8.02. The number of aromatic nitrogens is 2. The lowest BCUT2D eigenvalue weighted by Gasteiger charge is -2.46. The standard InChI is InChI=1S/C16H30N4/c1-4-11-20-14(9-10-18-20)15(17)16(3,5-2)19-12-7-6-8-13-19/h9-10,15H,4-8,11-13,17H2,1-3H3. The number of aryl methyl sites for hydroxylation is 1. The van der Waals surface area contributed by atoms with E-state index in [2.05, 4.69) is 41.5 Å². The van der Waals surface area contributed by atoms with Crippen molar-refractivity contribution < 1.29 is 0 Å². The molecule has 114 valence electrons. The van der Waals surface area contributed by atoms with E-state index in [4.69, 9.17) is 5.73 Å². The summed E-state index contributed by atoms with van der Waals surface area (Å²) in [6, 6.07) is 2.12. The number of rotatable bonds is 6. The lowest BCUT2D eigenvalue weighted by Crippen LogP contribution is -2.55. The average Bonchev–Trinajstić information content (AvgIpc) is 2.95. The maximum absolute atomic E-state index is 6.69. The summed E-state index contributed by atoms with van der Waals surface area (Å²) in [5.74, 6) is 0. The van der Waals surface area contributed by atoms with Crippen LogP contribution in [0.3, 0.4) is 0 Å². The zero-order valence-electron chi connectivity index (χ0n) is 13.3. The van der Waals surface area contributed by atoms with Crippen LogP contribution < -0.4 is 5.73 Å². The first-order valence-corrected chi connectivity index (χ1v) is 8.15. The summed E-state index contributed by atoms with van der Waals surface area (Å²) in [7, 11) is 0. The molecule has 1 saturated heterocycles. The Labute approximate surface area is 123 Å². The molecule has 0 aromatic carbocycles. The van der Waals surface area contributed by atoms with Crippen LogP contribution in [-0.2, 0) is 6.54 Å². The molecule has 2 atom stereocenters. The van der Waals surface area contributed by atoms with Gasteiger partial charge in [-0.2, -0.15) is 5.10 Å². The molecule has 0 saturated carbocycles. The third-order valence-electron chi connectivity index (χ3n) is 4.97. The maximum atomic E-state index is 6.69. The first kappa shape index (κ1) is 15.5. The Morgan fingerprint density at radius 3 is 2.60 bits per heavy atom. The van der Waals surface area contributed by atoms with Gasteiger partial charge in [0, 0.05) is 18.3 Å². The number of hydrogen-bond donors (Lipinski definition) is 1. The molecular weight excluding hydrogens is 248 g/mol. The van der Waals surface area contributed by atoms with Gasteiger partial charge in [-0.25, -0.2) is 0 Å². The Hall–Kier alpha value is -0.870. The predicted octanol–water partition coefficient (Wildman–Crippen LogP) is 2.95. The molecule has 1 aromatic rings. The van der Waals surface area contributed by atoms with E-state index in [1.807, 2.05) is 6.20 Å². The van der Waals surface area contributed by atoms with Crippen LogP contribution in [0.25, 0.3) is 0 Å². The molecule has 0 aliphatic carbocycles. The Balaban J connectivity index is 2.22. The highest BCUT2D eigenvalue weighted by Gasteiger charge is 2.38. The van der Waals surface area contributed by atoms with E-state index in [0.29, 0.717) is 0 Å². The zero-order chi connectivity index (χ0) is 14.6. The fourth-order valence-corrected chi connectivity index (χ4v) is 3.37. The molecule has 2 unspecified atom stereocenters. The number of nitrogens with two attached hydrogens (primary N) is 1. The number of likely N-dealkylation sites (tertiary alicyclic amines) is 1. The van der Waals surface area contributed by atoms with Crippen LogP contribution in [0.15, 0.2) is 12.3 Å². The fraction of sp³-hybridized carbons (Fsp3) is 0.812. The summed E-state index contributed by atoms with van der Waals surface area (Å²) in [5, 5.41) is 4.44. The van der Waals surface area contributed by atoms with Crippen LogP contribution in [0.2, 0.25) is 0 Å². The van der Waals surface area contributed by atoms with Gasteiger partial charge in [-0.15, -0.1) is 0 Å². The molecule has 1 aliphatic heterocycles. The summed E-state index contributed by atoms with van der Waals surface area (Å²) in [6.45, 7) is 10.1. The van der Waals surface area contributed by atoms with Crippen LogP contribution in [-0.4, -0.2) is 33.3 Å². The Morgan fingerprint density at radius 2 is 2.00 bits per heavy atom. The second-order valence-corrected chi connectivity index (χ2v) is 6.22. The van der Waals surface area contributed by atoms with Crippen molar-refractivity contribution in [2.24, 2.45) is 5.73 Å². The molecule has 2 heterocycles. The normalized spacial score (nSPS) is 21.6. The highest BCUT2D eigenvalue weighted by atomic mass is 15.3. The van der Waals surface area contributed by atoms with Gasteiger partial charge in [0.15, 0.2) is 0 Å². The van der Waals surface area contributed by atoms with Crippen molar-refractivity contribution in [3.8, 4) is 0 Å². The Kier molecular flexibility index (Phi) is 5.22. The SMILES string of the molecule is CCCn1nccc1C(N)C(C)(CC)N1CCCCC1. The van der Waals surface area contributed by atoms with E-state index >= 15 is 0 Å². The van der Waals surface area contributed by atoms with Gasteiger partial charge in [0.25, 0.3) is 0 Å². The second kappa shape index (κ2) is 6.72. The quantitative estimate of drug-likeness (QED) is 0.870. The van der Waals surface area contributed by atoms with Gasteiger partial charge in [-0.05, 0) is 51.8 Å². The molecule has 0 amide bonds. The van der Waals surface area contributed by atoms with Gasteiger partial charge in [0.2, 0.25) is 0 Å². The first-order valence-electron chi connectivity index (χ1n) is 8.15. The van der Waals surface area contributed by atoms with Crippen LogP contribution in [0.4, 0.5) is 0 Å². The summed E-state index contributed by atoms with van der Waals surface area (Å²) in [4.78, 5) is 2.60. The van der Waals surface area contributed by atoms with Crippen molar-refractivity contribution in [2.75, 3.05) is 13.1 Å². The summed E-state index contributed by atoms with van der Waals surface area (Å²) < 4.78 is 2.09. The van der Waals surface area contributed by atoms with Crippen LogP contribution in [0.5, 0.6) is 0 Å². The highest BCUT2D eigenvalue weighted by molar-refractivity contribution is 5.14. The Morgan fingerprint density at radius 1 is 1.30 bits per heavy atom. The number of nitrogens with zero attached hydrogens (tertiary/aromatic N) is 3. The minimum atomic E-state index is 0.0275. The molecule has 4 heteroatoms. The molecule has 4 nitrogen and oxygen atoms in total. The van der Waals surface area contributed by atoms with Crippen molar-refractivity contribution >= 4 is 0 Å². The van der Waals surface area contributed by atoms with Crippen LogP contribution >= 0.6 is 0 Å². The van der Waals surface area contributed by atoms with E-state index in [1.54, 1.807) is 0 Å². The topological polar surface area (TPSA) is 47.1 Å². The van der Waals surface area contributed by atoms with Gasteiger partial charge < -0.3 is 5.73 Å². The molecule has 2 N–H and O–H groups in total. The van der Waals surface area contributed by atoms with Crippen molar-refractivity contribution in [3.63, 3.8) is 0 Å². The van der Waals surface area contributed by atoms with Gasteiger partial charge in [-0.3, -0.25) is 9.58 Å². The van der Waals surface area contributed by atoms with E-state index < -0.39 is 0 Å². The van der Waals surface area contributed by atoms with Crippen molar-refractivity contribution in [1.82, 2.24) is 14.7 Å². The lowest BCUT2D eigenvalue weighted by atomic mass is 9.84. The third kappa shape index (κ3) is 2.91. The fourth-order valence-electron chi connectivity index (χ4n) is 3.37. The van der Waals surface area contributed by atoms with Crippen molar-refractivity contribution in [2.45, 2.75) is 71.0 Å². The number of piperidine rings is 1. The molecule has 1 aromatic heterocycles.